The van der Waals surface area contributed by atoms with Gasteiger partial charge in [-0.1, -0.05) is 0 Å². The number of nitrogens with one attached hydrogen (secondary N) is 2. The van der Waals surface area contributed by atoms with Crippen LogP contribution in [0.15, 0.2) is 24.3 Å². The van der Waals surface area contributed by atoms with E-state index >= 15 is 0 Å². The van der Waals surface area contributed by atoms with E-state index in [4.69, 9.17) is 9.47 Å². The number of carbonyl (C=O) groups excluding carboxylic acids is 2. The third kappa shape index (κ3) is 4.49. The minimum absolute atomic E-state index is 0.132. The number of hydrogen-bond acceptors (Lipinski definition) is 4. The Morgan fingerprint density at radius 3 is 2.57 bits per heavy atom. The molecule has 0 radical (unpaired) electrons. The zero-order chi connectivity index (χ0) is 16.7. The Labute approximate surface area is 134 Å². The second-order valence-electron chi connectivity index (χ2n) is 5.53. The molecule has 2 amide bonds. The summed E-state index contributed by atoms with van der Waals surface area (Å²) in [5, 5.41) is 5.46. The first-order valence-corrected chi connectivity index (χ1v) is 7.46. The molecule has 1 unspecified atom stereocenters. The van der Waals surface area contributed by atoms with Crippen LogP contribution in [0.1, 0.15) is 16.8 Å². The minimum atomic E-state index is -0.643. The minimum Gasteiger partial charge on any atom is -0.383 e. The third-order valence-corrected chi connectivity index (χ3v) is 3.81. The van der Waals surface area contributed by atoms with E-state index in [-0.39, 0.29) is 18.4 Å². The molecular weight excluding hydrogens is 303 g/mol. The van der Waals surface area contributed by atoms with Crippen molar-refractivity contribution in [2.75, 3.05) is 40.0 Å². The maximum atomic E-state index is 12.8. The van der Waals surface area contributed by atoms with E-state index < -0.39 is 11.2 Å². The van der Waals surface area contributed by atoms with Crippen LogP contribution in [0.2, 0.25) is 0 Å². The van der Waals surface area contributed by atoms with Gasteiger partial charge >= 0.3 is 0 Å². The maximum Gasteiger partial charge on any atom is 0.251 e. The Morgan fingerprint density at radius 1 is 1.26 bits per heavy atom. The molecule has 0 bridgehead atoms. The summed E-state index contributed by atoms with van der Waals surface area (Å²) in [5.41, 5.74) is -0.270. The monoisotopic (exact) mass is 324 g/mol. The van der Waals surface area contributed by atoms with Crippen LogP contribution in [-0.4, -0.2) is 51.8 Å². The van der Waals surface area contributed by atoms with Crippen LogP contribution in [-0.2, 0) is 14.3 Å². The Bertz CT molecular complexity index is 542. The molecule has 1 saturated heterocycles. The molecule has 6 nitrogen and oxygen atoms in total. The SMILES string of the molecule is COCC1(C(=O)NCCNC(=O)c2ccc(F)cc2)CCOC1. The van der Waals surface area contributed by atoms with Gasteiger partial charge in [0.15, 0.2) is 0 Å². The van der Waals surface area contributed by atoms with Gasteiger partial charge in [-0.3, -0.25) is 9.59 Å². The van der Waals surface area contributed by atoms with Crippen molar-refractivity contribution in [1.82, 2.24) is 10.6 Å². The molecule has 126 valence electrons. The Hall–Kier alpha value is -1.99. The van der Waals surface area contributed by atoms with E-state index in [0.717, 1.165) is 0 Å². The number of ether oxygens (including phenoxy) is 2. The standard InChI is InChI=1S/C16H21FN2O4/c1-22-10-16(6-9-23-11-16)15(21)19-8-7-18-14(20)12-2-4-13(17)5-3-12/h2-5H,6-11H2,1H3,(H,18,20)(H,19,21). The molecule has 1 aliphatic heterocycles. The predicted octanol–water partition coefficient (Wildman–Crippen LogP) is 0.725. The van der Waals surface area contributed by atoms with Gasteiger partial charge in [0.25, 0.3) is 5.91 Å². The van der Waals surface area contributed by atoms with Gasteiger partial charge in [0.05, 0.1) is 18.6 Å². The van der Waals surface area contributed by atoms with Gasteiger partial charge in [-0.2, -0.15) is 0 Å². The molecule has 1 heterocycles. The van der Waals surface area contributed by atoms with E-state index in [0.29, 0.717) is 38.3 Å². The first kappa shape index (κ1) is 17.4. The fourth-order valence-electron chi connectivity index (χ4n) is 2.48. The topological polar surface area (TPSA) is 76.7 Å². The van der Waals surface area contributed by atoms with E-state index in [9.17, 15) is 14.0 Å². The molecule has 0 saturated carbocycles. The predicted molar refractivity (Wildman–Crippen MR) is 81.5 cm³/mol. The molecular formula is C16H21FN2O4. The van der Waals surface area contributed by atoms with Gasteiger partial charge in [-0.05, 0) is 30.7 Å². The first-order chi connectivity index (χ1) is 11.1. The van der Waals surface area contributed by atoms with Crippen LogP contribution in [0.25, 0.3) is 0 Å². The van der Waals surface area contributed by atoms with Gasteiger partial charge in [0.1, 0.15) is 5.82 Å². The molecule has 0 spiro atoms. The number of amides is 2. The number of carbonyl (C=O) groups is 2. The Kier molecular flexibility index (Phi) is 6.06. The summed E-state index contributed by atoms with van der Waals surface area (Å²) < 4.78 is 23.2. The lowest BCUT2D eigenvalue weighted by Crippen LogP contribution is -2.46. The average Bonchev–Trinajstić information content (AvgIpc) is 3.02. The molecule has 0 aliphatic carbocycles. The van der Waals surface area contributed by atoms with E-state index in [1.54, 1.807) is 7.11 Å². The molecule has 1 atom stereocenters. The van der Waals surface area contributed by atoms with Crippen molar-refractivity contribution in [3.8, 4) is 0 Å². The fourth-order valence-corrected chi connectivity index (χ4v) is 2.48. The number of hydrogen-bond donors (Lipinski definition) is 2. The summed E-state index contributed by atoms with van der Waals surface area (Å²) in [4.78, 5) is 24.1. The summed E-state index contributed by atoms with van der Waals surface area (Å²) >= 11 is 0. The molecule has 1 aliphatic rings. The molecule has 2 rings (SSSR count). The Balaban J connectivity index is 1.75. The second-order valence-corrected chi connectivity index (χ2v) is 5.53. The van der Waals surface area contributed by atoms with Crippen LogP contribution in [0, 0.1) is 11.2 Å². The summed E-state index contributed by atoms with van der Waals surface area (Å²) in [7, 11) is 1.55. The van der Waals surface area contributed by atoms with Gasteiger partial charge < -0.3 is 20.1 Å². The highest BCUT2D eigenvalue weighted by atomic mass is 19.1. The van der Waals surface area contributed by atoms with E-state index in [1.807, 2.05) is 0 Å². The molecule has 1 aromatic rings. The van der Waals surface area contributed by atoms with Crippen LogP contribution in [0.5, 0.6) is 0 Å². The van der Waals surface area contributed by atoms with Crippen molar-refractivity contribution in [1.29, 1.82) is 0 Å². The average molecular weight is 324 g/mol. The van der Waals surface area contributed by atoms with Crippen molar-refractivity contribution in [2.24, 2.45) is 5.41 Å². The first-order valence-electron chi connectivity index (χ1n) is 7.46. The lowest BCUT2D eigenvalue weighted by Gasteiger charge is -2.25. The van der Waals surface area contributed by atoms with Crippen LogP contribution in [0.3, 0.4) is 0 Å². The highest BCUT2D eigenvalue weighted by Gasteiger charge is 2.42. The molecule has 1 fully saturated rings. The fraction of sp³-hybridized carbons (Fsp3) is 0.500. The second kappa shape index (κ2) is 8.03. The number of benzene rings is 1. The van der Waals surface area contributed by atoms with Gasteiger partial charge in [0.2, 0.25) is 5.91 Å². The largest absolute Gasteiger partial charge is 0.383 e. The highest BCUT2D eigenvalue weighted by Crippen LogP contribution is 2.29. The maximum absolute atomic E-state index is 12.8. The van der Waals surface area contributed by atoms with Crippen molar-refractivity contribution < 1.29 is 23.5 Å². The van der Waals surface area contributed by atoms with Crippen molar-refractivity contribution in [2.45, 2.75) is 6.42 Å². The third-order valence-electron chi connectivity index (χ3n) is 3.81. The summed E-state index contributed by atoms with van der Waals surface area (Å²) in [6, 6.07) is 5.27. The summed E-state index contributed by atoms with van der Waals surface area (Å²) in [6.07, 6.45) is 0.620. The van der Waals surface area contributed by atoms with Crippen molar-refractivity contribution >= 4 is 11.8 Å². The van der Waals surface area contributed by atoms with Crippen LogP contribution < -0.4 is 10.6 Å². The van der Waals surface area contributed by atoms with E-state index in [1.165, 1.54) is 24.3 Å². The smallest absolute Gasteiger partial charge is 0.251 e. The Morgan fingerprint density at radius 2 is 1.96 bits per heavy atom. The number of methoxy groups -OCH3 is 1. The number of halogens is 1. The normalized spacial score (nSPS) is 20.3. The highest BCUT2D eigenvalue weighted by molar-refractivity contribution is 5.94. The van der Waals surface area contributed by atoms with Gasteiger partial charge in [-0.25, -0.2) is 4.39 Å². The lowest BCUT2D eigenvalue weighted by molar-refractivity contribution is -0.134. The summed E-state index contributed by atoms with van der Waals surface area (Å²) in [6.45, 7) is 1.77. The van der Waals surface area contributed by atoms with Crippen molar-refractivity contribution in [3.63, 3.8) is 0 Å². The summed E-state index contributed by atoms with van der Waals surface area (Å²) in [5.74, 6) is -0.834. The van der Waals surface area contributed by atoms with E-state index in [2.05, 4.69) is 10.6 Å². The molecule has 2 N–H and O–H groups in total. The molecule has 7 heteroatoms. The molecule has 0 aromatic heterocycles. The van der Waals surface area contributed by atoms with Crippen molar-refractivity contribution in [3.05, 3.63) is 35.6 Å². The quantitative estimate of drug-likeness (QED) is 0.725. The molecule has 23 heavy (non-hydrogen) atoms. The lowest BCUT2D eigenvalue weighted by atomic mass is 9.87. The zero-order valence-electron chi connectivity index (χ0n) is 13.1. The molecule has 1 aromatic carbocycles. The zero-order valence-corrected chi connectivity index (χ0v) is 13.1. The van der Waals surface area contributed by atoms with Crippen LogP contribution >= 0.6 is 0 Å². The van der Waals surface area contributed by atoms with Gasteiger partial charge in [-0.15, -0.1) is 0 Å². The van der Waals surface area contributed by atoms with Crippen LogP contribution in [0.4, 0.5) is 4.39 Å². The number of rotatable bonds is 7. The van der Waals surface area contributed by atoms with Gasteiger partial charge in [0, 0.05) is 32.4 Å².